The van der Waals surface area contributed by atoms with Gasteiger partial charge in [-0.15, -0.1) is 11.3 Å². The van der Waals surface area contributed by atoms with Gasteiger partial charge in [-0.3, -0.25) is 9.59 Å². The van der Waals surface area contributed by atoms with Crippen molar-refractivity contribution in [2.45, 2.75) is 13.5 Å². The van der Waals surface area contributed by atoms with Crippen LogP contribution in [-0.4, -0.2) is 16.8 Å². The molecule has 0 fully saturated rings. The van der Waals surface area contributed by atoms with E-state index in [4.69, 9.17) is 0 Å². The van der Waals surface area contributed by atoms with E-state index in [-0.39, 0.29) is 11.8 Å². The molecule has 0 aliphatic carbocycles. The molecule has 0 saturated heterocycles. The molecular weight excluding hydrogens is 348 g/mol. The molecule has 6 nitrogen and oxygen atoms in total. The van der Waals surface area contributed by atoms with Crippen LogP contribution in [0.1, 0.15) is 23.0 Å². The number of thiazole rings is 1. The summed E-state index contributed by atoms with van der Waals surface area (Å²) in [6.45, 7) is 2.10. The lowest BCUT2D eigenvalue weighted by Crippen LogP contribution is -2.12. The number of carbonyl (C=O) groups is 2. The monoisotopic (exact) mass is 366 g/mol. The van der Waals surface area contributed by atoms with Crippen LogP contribution in [0.25, 0.3) is 0 Å². The van der Waals surface area contributed by atoms with Crippen LogP contribution in [0, 0.1) is 0 Å². The van der Waals surface area contributed by atoms with Crippen LogP contribution in [0.3, 0.4) is 0 Å². The normalized spacial score (nSPS) is 10.2. The van der Waals surface area contributed by atoms with Gasteiger partial charge in [-0.2, -0.15) is 0 Å². The van der Waals surface area contributed by atoms with Gasteiger partial charge in [-0.25, -0.2) is 4.98 Å². The quantitative estimate of drug-likeness (QED) is 0.616. The van der Waals surface area contributed by atoms with Crippen LogP contribution in [0.15, 0.2) is 60.0 Å². The topological polar surface area (TPSA) is 83.1 Å². The molecule has 1 aromatic heterocycles. The highest BCUT2D eigenvalue weighted by Gasteiger charge is 2.11. The van der Waals surface area contributed by atoms with E-state index >= 15 is 0 Å². The van der Waals surface area contributed by atoms with E-state index in [0.717, 1.165) is 5.56 Å². The Balaban J connectivity index is 1.56. The predicted octanol–water partition coefficient (Wildman–Crippen LogP) is 3.97. The first-order valence-corrected chi connectivity index (χ1v) is 8.90. The molecule has 0 aliphatic rings. The maximum Gasteiger partial charge on any atom is 0.275 e. The molecule has 0 saturated carbocycles. The number of hydrogen-bond acceptors (Lipinski definition) is 5. The maximum absolute atomic E-state index is 12.3. The Morgan fingerprint density at radius 1 is 0.962 bits per heavy atom. The largest absolute Gasteiger partial charge is 0.357 e. The van der Waals surface area contributed by atoms with E-state index in [9.17, 15) is 9.59 Å². The minimum absolute atomic E-state index is 0.139. The van der Waals surface area contributed by atoms with Gasteiger partial charge in [0, 0.05) is 30.2 Å². The van der Waals surface area contributed by atoms with Crippen molar-refractivity contribution in [3.05, 3.63) is 71.2 Å². The smallest absolute Gasteiger partial charge is 0.275 e. The van der Waals surface area contributed by atoms with Crippen molar-refractivity contribution in [1.82, 2.24) is 4.98 Å². The van der Waals surface area contributed by atoms with Crippen molar-refractivity contribution in [3.8, 4) is 0 Å². The molecule has 3 N–H and O–H groups in total. The van der Waals surface area contributed by atoms with Gasteiger partial charge in [0.25, 0.3) is 5.91 Å². The first-order chi connectivity index (χ1) is 12.6. The molecular formula is C19H18N4O2S. The van der Waals surface area contributed by atoms with Gasteiger partial charge < -0.3 is 16.0 Å². The fraction of sp³-hybridized carbons (Fsp3) is 0.105. The summed E-state index contributed by atoms with van der Waals surface area (Å²) in [5.41, 5.74) is 2.82. The number of nitrogens with zero attached hydrogens (tertiary/aromatic N) is 1. The van der Waals surface area contributed by atoms with E-state index in [1.54, 1.807) is 29.6 Å². The summed E-state index contributed by atoms with van der Waals surface area (Å²) in [5, 5.41) is 11.1. The molecule has 0 spiro atoms. The van der Waals surface area contributed by atoms with Crippen LogP contribution in [0.5, 0.6) is 0 Å². The molecule has 0 unspecified atom stereocenters. The Kier molecular flexibility index (Phi) is 5.60. The Hall–Kier alpha value is -3.19. The molecule has 0 aliphatic heterocycles. The van der Waals surface area contributed by atoms with Crippen molar-refractivity contribution in [3.63, 3.8) is 0 Å². The van der Waals surface area contributed by atoms with Crippen molar-refractivity contribution < 1.29 is 9.59 Å². The Morgan fingerprint density at radius 3 is 2.27 bits per heavy atom. The predicted molar refractivity (Wildman–Crippen MR) is 105 cm³/mol. The van der Waals surface area contributed by atoms with Crippen molar-refractivity contribution >= 4 is 39.7 Å². The highest BCUT2D eigenvalue weighted by Crippen LogP contribution is 2.19. The summed E-state index contributed by atoms with van der Waals surface area (Å²) in [4.78, 5) is 27.6. The van der Waals surface area contributed by atoms with Crippen LogP contribution in [0.2, 0.25) is 0 Å². The van der Waals surface area contributed by atoms with Crippen LogP contribution < -0.4 is 16.0 Å². The highest BCUT2D eigenvalue weighted by atomic mass is 32.1. The molecule has 2 amide bonds. The second-order valence-electron chi connectivity index (χ2n) is 5.59. The second kappa shape index (κ2) is 8.26. The Morgan fingerprint density at radius 2 is 1.62 bits per heavy atom. The fourth-order valence-electron chi connectivity index (χ4n) is 2.27. The maximum atomic E-state index is 12.3. The third-order valence-electron chi connectivity index (χ3n) is 3.49. The molecule has 26 heavy (non-hydrogen) atoms. The average molecular weight is 366 g/mol. The van der Waals surface area contributed by atoms with Gasteiger partial charge in [0.15, 0.2) is 5.13 Å². The van der Waals surface area contributed by atoms with E-state index in [1.807, 2.05) is 30.3 Å². The summed E-state index contributed by atoms with van der Waals surface area (Å²) in [7, 11) is 0. The number of carbonyl (C=O) groups excluding carboxylic acids is 2. The standard InChI is InChI=1S/C19H18N4O2S/c1-13(24)21-15-7-9-16(10-8-15)22-18(25)17-12-26-19(23-17)20-11-14-5-3-2-4-6-14/h2-10,12H,11H2,1H3,(H,20,23)(H,21,24)(H,22,25). The van der Waals surface area contributed by atoms with Gasteiger partial charge in [0.05, 0.1) is 0 Å². The summed E-state index contributed by atoms with van der Waals surface area (Å²) in [6, 6.07) is 16.9. The van der Waals surface area contributed by atoms with E-state index in [2.05, 4.69) is 20.9 Å². The van der Waals surface area contributed by atoms with E-state index in [0.29, 0.717) is 28.7 Å². The van der Waals surface area contributed by atoms with E-state index < -0.39 is 0 Å². The summed E-state index contributed by atoms with van der Waals surface area (Å²) < 4.78 is 0. The molecule has 2 aromatic carbocycles. The second-order valence-corrected chi connectivity index (χ2v) is 6.45. The van der Waals surface area contributed by atoms with Crippen LogP contribution in [0.4, 0.5) is 16.5 Å². The minimum Gasteiger partial charge on any atom is -0.357 e. The molecule has 132 valence electrons. The van der Waals surface area contributed by atoms with Crippen LogP contribution in [-0.2, 0) is 11.3 Å². The van der Waals surface area contributed by atoms with Gasteiger partial charge in [0.2, 0.25) is 5.91 Å². The van der Waals surface area contributed by atoms with Crippen molar-refractivity contribution in [2.75, 3.05) is 16.0 Å². The lowest BCUT2D eigenvalue weighted by Gasteiger charge is -2.06. The number of anilines is 3. The van der Waals surface area contributed by atoms with Crippen LogP contribution >= 0.6 is 11.3 Å². The summed E-state index contributed by atoms with van der Waals surface area (Å²) in [5.74, 6) is -0.416. The van der Waals surface area contributed by atoms with Gasteiger partial charge in [-0.1, -0.05) is 30.3 Å². The number of nitrogens with one attached hydrogen (secondary N) is 3. The summed E-state index contributed by atoms with van der Waals surface area (Å²) >= 11 is 1.39. The molecule has 1 heterocycles. The zero-order chi connectivity index (χ0) is 18.4. The number of amides is 2. The third-order valence-corrected chi connectivity index (χ3v) is 4.29. The van der Waals surface area contributed by atoms with Crippen molar-refractivity contribution in [1.29, 1.82) is 0 Å². The zero-order valence-electron chi connectivity index (χ0n) is 14.2. The van der Waals surface area contributed by atoms with Crippen molar-refractivity contribution in [2.24, 2.45) is 0 Å². The number of hydrogen-bond donors (Lipinski definition) is 3. The zero-order valence-corrected chi connectivity index (χ0v) is 15.0. The Labute approximate surface area is 155 Å². The lowest BCUT2D eigenvalue weighted by molar-refractivity contribution is -0.114. The first-order valence-electron chi connectivity index (χ1n) is 8.02. The number of benzene rings is 2. The van der Waals surface area contributed by atoms with Gasteiger partial charge in [0.1, 0.15) is 5.69 Å². The summed E-state index contributed by atoms with van der Waals surface area (Å²) in [6.07, 6.45) is 0. The first kappa shape index (κ1) is 17.6. The SMILES string of the molecule is CC(=O)Nc1ccc(NC(=O)c2csc(NCc3ccccc3)n2)cc1. The van der Waals surface area contributed by atoms with Gasteiger partial charge in [-0.05, 0) is 29.8 Å². The van der Waals surface area contributed by atoms with E-state index in [1.165, 1.54) is 18.3 Å². The number of rotatable bonds is 6. The highest BCUT2D eigenvalue weighted by molar-refractivity contribution is 7.13. The number of aromatic nitrogens is 1. The molecule has 7 heteroatoms. The Bertz CT molecular complexity index is 891. The van der Waals surface area contributed by atoms with Gasteiger partial charge >= 0.3 is 0 Å². The minimum atomic E-state index is -0.277. The molecule has 0 radical (unpaired) electrons. The molecule has 3 rings (SSSR count). The fourth-order valence-corrected chi connectivity index (χ4v) is 2.96. The molecule has 3 aromatic rings. The molecule has 0 atom stereocenters. The average Bonchev–Trinajstić information content (AvgIpc) is 3.11. The molecule has 0 bridgehead atoms. The third kappa shape index (κ3) is 4.90. The lowest BCUT2D eigenvalue weighted by atomic mass is 10.2.